The van der Waals surface area contributed by atoms with Gasteiger partial charge in [-0.3, -0.25) is 0 Å². The molecule has 0 aromatic carbocycles. The van der Waals surface area contributed by atoms with E-state index < -0.39 is 18.0 Å². The molecule has 8 nitrogen and oxygen atoms in total. The number of aromatic amines is 1. The molecule has 118 valence electrons. The maximum absolute atomic E-state index is 11.9. The van der Waals surface area contributed by atoms with Gasteiger partial charge in [0.2, 0.25) is 0 Å². The van der Waals surface area contributed by atoms with Gasteiger partial charge in [0.1, 0.15) is 6.04 Å². The van der Waals surface area contributed by atoms with E-state index in [1.54, 1.807) is 7.11 Å². The van der Waals surface area contributed by atoms with Gasteiger partial charge in [0, 0.05) is 25.4 Å². The Morgan fingerprint density at radius 1 is 1.48 bits per heavy atom. The second-order valence-electron chi connectivity index (χ2n) is 4.73. The minimum Gasteiger partial charge on any atom is -0.480 e. The molecule has 2 unspecified atom stereocenters. The smallest absolute Gasteiger partial charge is 0.326 e. The number of methoxy groups -OCH3 is 1. The monoisotopic (exact) mass is 298 g/mol. The number of carbonyl (C=O) groups excluding carboxylic acids is 1. The molecule has 2 atom stereocenters. The van der Waals surface area contributed by atoms with Gasteiger partial charge in [-0.1, -0.05) is 13.3 Å². The average Bonchev–Trinajstić information content (AvgIpc) is 2.91. The molecule has 0 aliphatic heterocycles. The molecule has 0 saturated heterocycles. The molecule has 0 fully saturated rings. The van der Waals surface area contributed by atoms with Gasteiger partial charge in [-0.25, -0.2) is 14.6 Å². The van der Waals surface area contributed by atoms with Gasteiger partial charge in [0.25, 0.3) is 0 Å². The van der Waals surface area contributed by atoms with Gasteiger partial charge in [0.05, 0.1) is 19.0 Å². The van der Waals surface area contributed by atoms with E-state index in [4.69, 9.17) is 9.84 Å². The molecule has 0 aliphatic carbocycles. The summed E-state index contributed by atoms with van der Waals surface area (Å²) in [5, 5.41) is 14.3. The number of urea groups is 1. The quantitative estimate of drug-likeness (QED) is 0.530. The van der Waals surface area contributed by atoms with Gasteiger partial charge < -0.3 is 25.5 Å². The molecule has 1 rings (SSSR count). The highest BCUT2D eigenvalue weighted by molar-refractivity contribution is 5.82. The molecule has 1 aromatic rings. The molecule has 4 N–H and O–H groups in total. The zero-order valence-corrected chi connectivity index (χ0v) is 12.3. The maximum Gasteiger partial charge on any atom is 0.326 e. The van der Waals surface area contributed by atoms with Crippen molar-refractivity contribution in [3.05, 3.63) is 18.2 Å². The fraction of sp³-hybridized carbons (Fsp3) is 0.615. The van der Waals surface area contributed by atoms with Crippen LogP contribution in [-0.2, 0) is 16.0 Å². The highest BCUT2D eigenvalue weighted by atomic mass is 16.5. The number of hydrogen-bond acceptors (Lipinski definition) is 4. The van der Waals surface area contributed by atoms with Crippen molar-refractivity contribution in [1.29, 1.82) is 0 Å². The first-order valence-electron chi connectivity index (χ1n) is 6.82. The molecule has 2 amide bonds. The largest absolute Gasteiger partial charge is 0.480 e. The number of carboxylic acids is 1. The number of hydrogen-bond donors (Lipinski definition) is 4. The van der Waals surface area contributed by atoms with Crippen LogP contribution in [0.4, 0.5) is 4.79 Å². The van der Waals surface area contributed by atoms with Crippen LogP contribution in [0.5, 0.6) is 0 Å². The van der Waals surface area contributed by atoms with Crippen LogP contribution in [-0.4, -0.2) is 52.9 Å². The predicted molar refractivity (Wildman–Crippen MR) is 76.0 cm³/mol. The summed E-state index contributed by atoms with van der Waals surface area (Å²) in [6.45, 7) is 2.39. The van der Waals surface area contributed by atoms with Crippen molar-refractivity contribution in [2.75, 3.05) is 13.7 Å². The summed E-state index contributed by atoms with van der Waals surface area (Å²) in [5.74, 6) is -1.10. The van der Waals surface area contributed by atoms with E-state index in [1.807, 2.05) is 6.92 Å². The third-order valence-electron chi connectivity index (χ3n) is 2.92. The number of carbonyl (C=O) groups is 2. The van der Waals surface area contributed by atoms with Crippen molar-refractivity contribution in [2.45, 2.75) is 38.3 Å². The molecule has 0 saturated carbocycles. The van der Waals surface area contributed by atoms with Crippen LogP contribution in [0.2, 0.25) is 0 Å². The van der Waals surface area contributed by atoms with Crippen molar-refractivity contribution in [2.24, 2.45) is 0 Å². The Morgan fingerprint density at radius 3 is 2.76 bits per heavy atom. The zero-order chi connectivity index (χ0) is 15.7. The molecule has 0 spiro atoms. The molecular weight excluding hydrogens is 276 g/mol. The normalized spacial score (nSPS) is 13.4. The number of aliphatic carboxylic acids is 1. The summed E-state index contributed by atoms with van der Waals surface area (Å²) in [6.07, 6.45) is 4.79. The van der Waals surface area contributed by atoms with E-state index in [1.165, 1.54) is 12.5 Å². The van der Waals surface area contributed by atoms with Gasteiger partial charge in [-0.05, 0) is 6.42 Å². The Labute approximate surface area is 123 Å². The fourth-order valence-electron chi connectivity index (χ4n) is 1.95. The van der Waals surface area contributed by atoms with Crippen molar-refractivity contribution >= 4 is 12.0 Å². The number of aromatic nitrogens is 2. The Morgan fingerprint density at radius 2 is 2.24 bits per heavy atom. The Bertz CT molecular complexity index is 429. The first-order valence-corrected chi connectivity index (χ1v) is 6.82. The first-order chi connectivity index (χ1) is 10.1. The number of nitrogens with one attached hydrogen (secondary N) is 3. The number of H-pyrrole nitrogens is 1. The molecule has 8 heteroatoms. The number of ether oxygens (including phenoxy) is 1. The zero-order valence-electron chi connectivity index (χ0n) is 12.3. The summed E-state index contributed by atoms with van der Waals surface area (Å²) in [6, 6.07) is -1.67. The van der Waals surface area contributed by atoms with Gasteiger partial charge in [-0.2, -0.15) is 0 Å². The Kier molecular flexibility index (Phi) is 7.24. The van der Waals surface area contributed by atoms with Crippen molar-refractivity contribution in [3.63, 3.8) is 0 Å². The minimum absolute atomic E-state index is 0.137. The summed E-state index contributed by atoms with van der Waals surface area (Å²) in [7, 11) is 1.56. The lowest BCUT2D eigenvalue weighted by molar-refractivity contribution is -0.139. The fourth-order valence-corrected chi connectivity index (χ4v) is 1.95. The molecule has 0 bridgehead atoms. The van der Waals surface area contributed by atoms with Crippen molar-refractivity contribution in [1.82, 2.24) is 20.6 Å². The van der Waals surface area contributed by atoms with E-state index >= 15 is 0 Å². The molecule has 0 radical (unpaired) electrons. The number of carboxylic acid groups (broad SMARTS) is 1. The average molecular weight is 298 g/mol. The Hall–Kier alpha value is -2.09. The molecule has 0 aliphatic rings. The molecule has 1 heterocycles. The van der Waals surface area contributed by atoms with Crippen LogP contribution in [0.25, 0.3) is 0 Å². The van der Waals surface area contributed by atoms with E-state index in [0.29, 0.717) is 12.3 Å². The minimum atomic E-state index is -1.10. The number of rotatable bonds is 9. The molecule has 21 heavy (non-hydrogen) atoms. The SMILES string of the molecule is CCCC(COC)NC(=O)NC(Cc1cnc[nH]1)C(=O)O. The maximum atomic E-state index is 11.9. The second-order valence-corrected chi connectivity index (χ2v) is 4.73. The highest BCUT2D eigenvalue weighted by Gasteiger charge is 2.22. The lowest BCUT2D eigenvalue weighted by atomic mass is 10.1. The van der Waals surface area contributed by atoms with Crippen molar-refractivity contribution < 1.29 is 19.4 Å². The molecular formula is C13H22N4O4. The summed E-state index contributed by atoms with van der Waals surface area (Å²) >= 11 is 0. The predicted octanol–water partition coefficient (Wildman–Crippen LogP) is 0.520. The number of nitrogens with zero attached hydrogens (tertiary/aromatic N) is 1. The van der Waals surface area contributed by atoms with Crippen LogP contribution in [0.15, 0.2) is 12.5 Å². The van der Waals surface area contributed by atoms with Gasteiger partial charge >= 0.3 is 12.0 Å². The van der Waals surface area contributed by atoms with E-state index in [0.717, 1.165) is 12.8 Å². The lowest BCUT2D eigenvalue weighted by Crippen LogP contribution is -2.50. The van der Waals surface area contributed by atoms with Crippen LogP contribution >= 0.6 is 0 Å². The summed E-state index contributed by atoms with van der Waals surface area (Å²) in [5.41, 5.74) is 0.643. The third-order valence-corrected chi connectivity index (χ3v) is 2.92. The third kappa shape index (κ3) is 6.26. The topological polar surface area (TPSA) is 116 Å². The van der Waals surface area contributed by atoms with Crippen LogP contribution in [0, 0.1) is 0 Å². The summed E-state index contributed by atoms with van der Waals surface area (Å²) in [4.78, 5) is 29.7. The first kappa shape index (κ1) is 17.0. The highest BCUT2D eigenvalue weighted by Crippen LogP contribution is 2.00. The summed E-state index contributed by atoms with van der Waals surface area (Å²) < 4.78 is 5.02. The van der Waals surface area contributed by atoms with Gasteiger partial charge in [-0.15, -0.1) is 0 Å². The van der Waals surface area contributed by atoms with Crippen molar-refractivity contribution in [3.8, 4) is 0 Å². The van der Waals surface area contributed by atoms with E-state index in [2.05, 4.69) is 20.6 Å². The molecule has 1 aromatic heterocycles. The standard InChI is InChI=1S/C13H22N4O4/c1-3-4-9(7-21-2)16-13(20)17-11(12(18)19)5-10-6-14-8-15-10/h6,8-9,11H,3-5,7H2,1-2H3,(H,14,15)(H,18,19)(H2,16,17,20). The van der Waals surface area contributed by atoms with Gasteiger partial charge in [0.15, 0.2) is 0 Å². The lowest BCUT2D eigenvalue weighted by Gasteiger charge is -2.20. The van der Waals surface area contributed by atoms with E-state index in [-0.39, 0.29) is 12.5 Å². The number of imidazole rings is 1. The van der Waals surface area contributed by atoms with Crippen LogP contribution < -0.4 is 10.6 Å². The Balaban J connectivity index is 2.53. The van der Waals surface area contributed by atoms with E-state index in [9.17, 15) is 9.59 Å². The van der Waals surface area contributed by atoms with Crippen LogP contribution in [0.1, 0.15) is 25.5 Å². The van der Waals surface area contributed by atoms with Crippen LogP contribution in [0.3, 0.4) is 0 Å². The number of amides is 2. The second kappa shape index (κ2) is 8.96.